The van der Waals surface area contributed by atoms with Crippen LogP contribution < -0.4 is 0 Å². The molecular formula is C33H60O2. The smallest absolute Gasteiger partial charge is 0.162 e. The summed E-state index contributed by atoms with van der Waals surface area (Å²) in [6.07, 6.45) is 38.3. The standard InChI is InChI=1S/C33H60O2/c1-3-5-6-7-8-9-10-11-15-18-21-24-27-30-33(35)32(4-2)29-26-23-20-17-14-12-13-16-19-22-25-28-31-34/h4,27,30-32H,2-3,5-26,28-29H2,1H3. The van der Waals surface area contributed by atoms with Gasteiger partial charge in [0.05, 0.1) is 0 Å². The summed E-state index contributed by atoms with van der Waals surface area (Å²) in [5.74, 6) is 0.249. The average molecular weight is 489 g/mol. The largest absolute Gasteiger partial charge is 0.303 e. The van der Waals surface area contributed by atoms with Gasteiger partial charge < -0.3 is 4.79 Å². The van der Waals surface area contributed by atoms with Crippen LogP contribution in [0, 0.1) is 5.92 Å². The van der Waals surface area contributed by atoms with Crippen LogP contribution in [0.2, 0.25) is 0 Å². The van der Waals surface area contributed by atoms with E-state index in [1.165, 1.54) is 128 Å². The zero-order valence-electron chi connectivity index (χ0n) is 23.6. The van der Waals surface area contributed by atoms with Gasteiger partial charge in [-0.25, -0.2) is 0 Å². The Kier molecular flexibility index (Phi) is 28.1. The third kappa shape index (κ3) is 25.7. The molecule has 0 aliphatic heterocycles. The Morgan fingerprint density at radius 3 is 1.43 bits per heavy atom. The molecule has 0 spiro atoms. The minimum absolute atomic E-state index is 0.00258. The van der Waals surface area contributed by atoms with Crippen molar-refractivity contribution in [3.05, 3.63) is 24.8 Å². The third-order valence-corrected chi connectivity index (χ3v) is 7.24. The van der Waals surface area contributed by atoms with Gasteiger partial charge in [-0.1, -0.05) is 147 Å². The lowest BCUT2D eigenvalue weighted by Crippen LogP contribution is -2.09. The number of carbonyl (C=O) groups is 2. The Labute approximate surface area is 219 Å². The lowest BCUT2D eigenvalue weighted by Gasteiger charge is -2.09. The monoisotopic (exact) mass is 488 g/mol. The lowest BCUT2D eigenvalue weighted by molar-refractivity contribution is -0.117. The fourth-order valence-electron chi connectivity index (χ4n) is 4.81. The summed E-state index contributed by atoms with van der Waals surface area (Å²) in [7, 11) is 0. The van der Waals surface area contributed by atoms with E-state index in [2.05, 4.69) is 19.6 Å². The summed E-state index contributed by atoms with van der Waals surface area (Å²) >= 11 is 0. The van der Waals surface area contributed by atoms with Crippen molar-refractivity contribution < 1.29 is 9.59 Å². The van der Waals surface area contributed by atoms with Crippen molar-refractivity contribution in [3.8, 4) is 0 Å². The summed E-state index contributed by atoms with van der Waals surface area (Å²) < 4.78 is 0. The van der Waals surface area contributed by atoms with E-state index < -0.39 is 0 Å². The molecule has 0 heterocycles. The Hall–Kier alpha value is -1.18. The molecule has 0 amide bonds. The highest BCUT2D eigenvalue weighted by Crippen LogP contribution is 2.17. The number of carbonyl (C=O) groups excluding carboxylic acids is 2. The van der Waals surface area contributed by atoms with Crippen molar-refractivity contribution in [2.75, 3.05) is 0 Å². The highest BCUT2D eigenvalue weighted by atomic mass is 16.1. The number of rotatable bonds is 29. The number of hydrogen-bond acceptors (Lipinski definition) is 2. The van der Waals surface area contributed by atoms with Gasteiger partial charge in [0.2, 0.25) is 0 Å². The van der Waals surface area contributed by atoms with Gasteiger partial charge in [0.25, 0.3) is 0 Å². The number of hydrogen-bond donors (Lipinski definition) is 0. The summed E-state index contributed by atoms with van der Waals surface area (Å²) in [6, 6.07) is 0. The van der Waals surface area contributed by atoms with Crippen LogP contribution in [-0.2, 0) is 9.59 Å². The molecule has 0 aromatic heterocycles. The van der Waals surface area contributed by atoms with Crippen molar-refractivity contribution in [1.29, 1.82) is 0 Å². The molecule has 1 unspecified atom stereocenters. The third-order valence-electron chi connectivity index (χ3n) is 7.24. The highest BCUT2D eigenvalue weighted by molar-refractivity contribution is 5.92. The van der Waals surface area contributed by atoms with E-state index in [9.17, 15) is 9.59 Å². The van der Waals surface area contributed by atoms with Crippen LogP contribution in [0.3, 0.4) is 0 Å². The molecule has 2 heteroatoms. The van der Waals surface area contributed by atoms with Gasteiger partial charge in [-0.3, -0.25) is 4.79 Å². The molecule has 0 aliphatic rings. The summed E-state index contributed by atoms with van der Waals surface area (Å²) in [5, 5.41) is 0. The molecule has 0 rings (SSSR count). The van der Waals surface area contributed by atoms with Gasteiger partial charge in [0.1, 0.15) is 6.29 Å². The molecule has 0 aliphatic carbocycles. The second kappa shape index (κ2) is 29.1. The van der Waals surface area contributed by atoms with E-state index in [1.54, 1.807) is 0 Å². The number of ketones is 1. The minimum atomic E-state index is 0.00258. The quantitative estimate of drug-likeness (QED) is 0.0454. The van der Waals surface area contributed by atoms with Crippen LogP contribution in [-0.4, -0.2) is 12.1 Å². The normalized spacial score (nSPS) is 12.3. The molecule has 0 radical (unpaired) electrons. The predicted molar refractivity (Wildman–Crippen MR) is 155 cm³/mol. The first-order valence-corrected chi connectivity index (χ1v) is 15.5. The molecule has 0 saturated carbocycles. The van der Waals surface area contributed by atoms with Crippen LogP contribution in [0.1, 0.15) is 167 Å². The number of aldehydes is 1. The van der Waals surface area contributed by atoms with E-state index in [1.807, 2.05) is 12.2 Å². The van der Waals surface area contributed by atoms with Gasteiger partial charge in [-0.2, -0.15) is 0 Å². The first-order chi connectivity index (χ1) is 17.3. The van der Waals surface area contributed by atoms with Crippen molar-refractivity contribution in [2.24, 2.45) is 5.92 Å². The van der Waals surface area contributed by atoms with Crippen LogP contribution in [0.5, 0.6) is 0 Å². The Morgan fingerprint density at radius 1 is 0.600 bits per heavy atom. The molecule has 0 saturated heterocycles. The molecule has 0 N–H and O–H groups in total. The SMILES string of the molecule is C=CC(CCCCCCCCCCCCCC=O)C(=O)C=CCCCCCCCCCCCCC. The summed E-state index contributed by atoms with van der Waals surface area (Å²) in [5.41, 5.74) is 0. The van der Waals surface area contributed by atoms with Gasteiger partial charge >= 0.3 is 0 Å². The van der Waals surface area contributed by atoms with E-state index in [0.29, 0.717) is 0 Å². The lowest BCUT2D eigenvalue weighted by atomic mass is 9.95. The second-order valence-electron chi connectivity index (χ2n) is 10.6. The van der Waals surface area contributed by atoms with Crippen LogP contribution >= 0.6 is 0 Å². The Bertz CT molecular complexity index is 493. The van der Waals surface area contributed by atoms with E-state index in [-0.39, 0.29) is 11.7 Å². The Balaban J connectivity index is 3.52. The summed E-state index contributed by atoms with van der Waals surface area (Å²) in [6.45, 7) is 6.18. The van der Waals surface area contributed by atoms with E-state index >= 15 is 0 Å². The molecule has 0 fully saturated rings. The predicted octanol–water partition coefficient (Wildman–Crippen LogP) is 10.9. The highest BCUT2D eigenvalue weighted by Gasteiger charge is 2.11. The average Bonchev–Trinajstić information content (AvgIpc) is 2.87. The van der Waals surface area contributed by atoms with Crippen LogP contribution in [0.4, 0.5) is 0 Å². The second-order valence-corrected chi connectivity index (χ2v) is 10.6. The fraction of sp³-hybridized carbons (Fsp3) is 0.818. The molecule has 0 aromatic rings. The van der Waals surface area contributed by atoms with Gasteiger partial charge in [0, 0.05) is 12.3 Å². The zero-order chi connectivity index (χ0) is 25.7. The van der Waals surface area contributed by atoms with Gasteiger partial charge in [0.15, 0.2) is 5.78 Å². The minimum Gasteiger partial charge on any atom is -0.303 e. The first-order valence-electron chi connectivity index (χ1n) is 15.5. The maximum atomic E-state index is 12.4. The molecule has 0 bridgehead atoms. The van der Waals surface area contributed by atoms with Crippen LogP contribution in [0.25, 0.3) is 0 Å². The summed E-state index contributed by atoms with van der Waals surface area (Å²) in [4.78, 5) is 22.7. The first kappa shape index (κ1) is 33.8. The maximum absolute atomic E-state index is 12.4. The van der Waals surface area contributed by atoms with Gasteiger partial charge in [-0.15, -0.1) is 6.58 Å². The molecule has 204 valence electrons. The van der Waals surface area contributed by atoms with Crippen LogP contribution in [0.15, 0.2) is 24.8 Å². The molecule has 35 heavy (non-hydrogen) atoms. The van der Waals surface area contributed by atoms with Crippen molar-refractivity contribution >= 4 is 12.1 Å². The molecule has 1 atom stereocenters. The van der Waals surface area contributed by atoms with Crippen molar-refractivity contribution in [1.82, 2.24) is 0 Å². The molecular weight excluding hydrogens is 428 g/mol. The fourth-order valence-corrected chi connectivity index (χ4v) is 4.81. The van der Waals surface area contributed by atoms with Gasteiger partial charge in [-0.05, 0) is 31.8 Å². The zero-order valence-corrected chi connectivity index (χ0v) is 23.6. The van der Waals surface area contributed by atoms with E-state index in [0.717, 1.165) is 38.4 Å². The molecule has 2 nitrogen and oxygen atoms in total. The number of allylic oxidation sites excluding steroid dienone is 3. The van der Waals surface area contributed by atoms with Crippen molar-refractivity contribution in [3.63, 3.8) is 0 Å². The van der Waals surface area contributed by atoms with Crippen molar-refractivity contribution in [2.45, 2.75) is 167 Å². The molecule has 0 aromatic carbocycles. The maximum Gasteiger partial charge on any atom is 0.162 e. The Morgan fingerprint density at radius 2 is 1.00 bits per heavy atom. The van der Waals surface area contributed by atoms with E-state index in [4.69, 9.17) is 0 Å². The number of unbranched alkanes of at least 4 members (excludes halogenated alkanes) is 22. The topological polar surface area (TPSA) is 34.1 Å².